The van der Waals surface area contributed by atoms with Crippen LogP contribution >= 0.6 is 0 Å². The third kappa shape index (κ3) is 2.33. The molecule has 5 heteroatoms. The second kappa shape index (κ2) is 4.66. The van der Waals surface area contributed by atoms with Crippen molar-refractivity contribution in [2.45, 2.75) is 44.8 Å². The highest BCUT2D eigenvalue weighted by Gasteiger charge is 2.46. The number of fused-ring (bicyclic) bond motifs is 1. The quantitative estimate of drug-likeness (QED) is 0.880. The van der Waals surface area contributed by atoms with Gasteiger partial charge in [-0.3, -0.25) is 4.79 Å². The minimum Gasteiger partial charge on any atom is -0.492 e. The fourth-order valence-electron chi connectivity index (χ4n) is 2.42. The van der Waals surface area contributed by atoms with Crippen LogP contribution in [0.3, 0.4) is 0 Å². The topological polar surface area (TPSA) is 73.6 Å². The molecule has 1 atom stereocenters. The number of rotatable bonds is 4. The van der Waals surface area contributed by atoms with E-state index in [-0.39, 0.29) is 12.0 Å². The van der Waals surface area contributed by atoms with Gasteiger partial charge in [-0.2, -0.15) is 0 Å². The monoisotopic (exact) mass is 276 g/mol. The summed E-state index contributed by atoms with van der Waals surface area (Å²) in [6.07, 6.45) is 2.50. The Kier molecular flexibility index (Phi) is 3.09. The van der Waals surface area contributed by atoms with Gasteiger partial charge in [0.05, 0.1) is 17.8 Å². The van der Waals surface area contributed by atoms with Gasteiger partial charge in [0.1, 0.15) is 17.6 Å². The molecule has 1 aliphatic carbocycles. The molecule has 20 heavy (non-hydrogen) atoms. The first-order chi connectivity index (χ1) is 9.51. The average Bonchev–Trinajstić information content (AvgIpc) is 3.03. The van der Waals surface area contributed by atoms with Crippen molar-refractivity contribution in [3.05, 3.63) is 17.7 Å². The van der Waals surface area contributed by atoms with Gasteiger partial charge < -0.3 is 20.5 Å². The van der Waals surface area contributed by atoms with Crippen molar-refractivity contribution < 1.29 is 14.3 Å². The van der Waals surface area contributed by atoms with E-state index in [0.29, 0.717) is 18.0 Å². The normalized spacial score (nSPS) is 21.9. The van der Waals surface area contributed by atoms with E-state index >= 15 is 0 Å². The predicted molar refractivity (Wildman–Crippen MR) is 76.2 cm³/mol. The molecule has 3 N–H and O–H groups in total. The molecule has 1 amide bonds. The highest BCUT2D eigenvalue weighted by Crippen LogP contribution is 2.40. The van der Waals surface area contributed by atoms with E-state index in [4.69, 9.17) is 15.2 Å². The van der Waals surface area contributed by atoms with Gasteiger partial charge in [-0.15, -0.1) is 0 Å². The lowest BCUT2D eigenvalue weighted by Crippen LogP contribution is -2.37. The number of hydrogen-bond acceptors (Lipinski definition) is 4. The first-order valence-corrected chi connectivity index (χ1v) is 7.08. The van der Waals surface area contributed by atoms with Crippen molar-refractivity contribution in [1.82, 2.24) is 0 Å². The number of ether oxygens (including phenoxy) is 2. The standard InChI is InChI=1S/C15H20N2O3/c1-3-19-13-7-10-6-9(2)20-12(10)8-11(13)17-14(18)15(16)4-5-15/h7-9H,3-6,16H2,1-2H3,(H,17,18). The summed E-state index contributed by atoms with van der Waals surface area (Å²) >= 11 is 0. The van der Waals surface area contributed by atoms with Crippen LogP contribution in [0.1, 0.15) is 32.3 Å². The van der Waals surface area contributed by atoms with Gasteiger partial charge in [-0.25, -0.2) is 0 Å². The summed E-state index contributed by atoms with van der Waals surface area (Å²) in [7, 11) is 0. The Balaban J connectivity index is 1.88. The molecule has 3 rings (SSSR count). The van der Waals surface area contributed by atoms with Crippen LogP contribution < -0.4 is 20.5 Å². The summed E-state index contributed by atoms with van der Waals surface area (Å²) in [5.74, 6) is 1.35. The van der Waals surface area contributed by atoms with Crippen LogP contribution in [0, 0.1) is 0 Å². The molecular formula is C15H20N2O3. The largest absolute Gasteiger partial charge is 0.492 e. The summed E-state index contributed by atoms with van der Waals surface area (Å²) in [5, 5.41) is 2.87. The number of hydrogen-bond donors (Lipinski definition) is 2. The van der Waals surface area contributed by atoms with E-state index in [9.17, 15) is 4.79 Å². The number of nitrogens with one attached hydrogen (secondary N) is 1. The summed E-state index contributed by atoms with van der Waals surface area (Å²) in [4.78, 5) is 12.1. The SMILES string of the molecule is CCOc1cc2c(cc1NC(=O)C1(N)CC1)OC(C)C2. The lowest BCUT2D eigenvalue weighted by Gasteiger charge is -2.15. The molecule has 0 aromatic heterocycles. The number of amides is 1. The van der Waals surface area contributed by atoms with Gasteiger partial charge in [0.25, 0.3) is 0 Å². The molecule has 1 aromatic carbocycles. The third-order valence-electron chi connectivity index (χ3n) is 3.79. The Labute approximate surface area is 118 Å². The van der Waals surface area contributed by atoms with Gasteiger partial charge >= 0.3 is 0 Å². The minimum absolute atomic E-state index is 0.149. The second-order valence-corrected chi connectivity index (χ2v) is 5.63. The van der Waals surface area contributed by atoms with Crippen molar-refractivity contribution in [1.29, 1.82) is 0 Å². The molecule has 1 saturated carbocycles. The van der Waals surface area contributed by atoms with Crippen molar-refractivity contribution in [2.75, 3.05) is 11.9 Å². The van der Waals surface area contributed by atoms with Crippen LogP contribution in [-0.4, -0.2) is 24.2 Å². The number of carbonyl (C=O) groups is 1. The Morgan fingerprint density at radius 1 is 1.55 bits per heavy atom. The van der Waals surface area contributed by atoms with Gasteiger partial charge in [0.2, 0.25) is 5.91 Å². The zero-order chi connectivity index (χ0) is 14.3. The average molecular weight is 276 g/mol. The Hall–Kier alpha value is -1.75. The zero-order valence-electron chi connectivity index (χ0n) is 11.9. The van der Waals surface area contributed by atoms with E-state index in [2.05, 4.69) is 5.32 Å². The zero-order valence-corrected chi connectivity index (χ0v) is 11.9. The van der Waals surface area contributed by atoms with Crippen LogP contribution in [0.15, 0.2) is 12.1 Å². The molecule has 1 aromatic rings. The number of anilines is 1. The van der Waals surface area contributed by atoms with Crippen molar-refractivity contribution in [2.24, 2.45) is 5.73 Å². The fraction of sp³-hybridized carbons (Fsp3) is 0.533. The van der Waals surface area contributed by atoms with Gasteiger partial charge in [-0.1, -0.05) is 0 Å². The molecule has 1 aliphatic heterocycles. The fourth-order valence-corrected chi connectivity index (χ4v) is 2.42. The molecule has 1 fully saturated rings. The Bertz CT molecular complexity index is 552. The first-order valence-electron chi connectivity index (χ1n) is 7.08. The lowest BCUT2D eigenvalue weighted by atomic mass is 10.1. The smallest absolute Gasteiger partial charge is 0.244 e. The summed E-state index contributed by atoms with van der Waals surface area (Å²) in [5.41, 5.74) is 6.97. The number of benzene rings is 1. The highest BCUT2D eigenvalue weighted by atomic mass is 16.5. The second-order valence-electron chi connectivity index (χ2n) is 5.63. The maximum Gasteiger partial charge on any atom is 0.244 e. The highest BCUT2D eigenvalue weighted by molar-refractivity contribution is 6.01. The summed E-state index contributed by atoms with van der Waals surface area (Å²) in [6, 6.07) is 3.79. The van der Waals surface area contributed by atoms with Crippen LogP contribution in [0.25, 0.3) is 0 Å². The van der Waals surface area contributed by atoms with Crippen LogP contribution in [0.5, 0.6) is 11.5 Å². The first kappa shape index (κ1) is 13.2. The Morgan fingerprint density at radius 3 is 2.95 bits per heavy atom. The van der Waals surface area contributed by atoms with E-state index in [1.165, 1.54) is 0 Å². The van der Waals surface area contributed by atoms with E-state index < -0.39 is 5.54 Å². The molecule has 1 unspecified atom stereocenters. The molecule has 0 bridgehead atoms. The molecule has 5 nitrogen and oxygen atoms in total. The van der Waals surface area contributed by atoms with Gasteiger partial charge in [0.15, 0.2) is 0 Å². The van der Waals surface area contributed by atoms with Crippen LogP contribution in [-0.2, 0) is 11.2 Å². The molecule has 0 spiro atoms. The van der Waals surface area contributed by atoms with Crippen molar-refractivity contribution in [3.63, 3.8) is 0 Å². The van der Waals surface area contributed by atoms with Crippen molar-refractivity contribution in [3.8, 4) is 11.5 Å². The van der Waals surface area contributed by atoms with Crippen LogP contribution in [0.4, 0.5) is 5.69 Å². The summed E-state index contributed by atoms with van der Waals surface area (Å²) in [6.45, 7) is 4.49. The molecular weight excluding hydrogens is 256 g/mol. The molecule has 1 heterocycles. The third-order valence-corrected chi connectivity index (χ3v) is 3.79. The van der Waals surface area contributed by atoms with E-state index in [1.54, 1.807) is 0 Å². The lowest BCUT2D eigenvalue weighted by molar-refractivity contribution is -0.118. The van der Waals surface area contributed by atoms with E-state index in [1.807, 2.05) is 26.0 Å². The summed E-state index contributed by atoms with van der Waals surface area (Å²) < 4.78 is 11.3. The number of nitrogens with two attached hydrogens (primary N) is 1. The Morgan fingerprint density at radius 2 is 2.30 bits per heavy atom. The molecule has 2 aliphatic rings. The van der Waals surface area contributed by atoms with Crippen LogP contribution in [0.2, 0.25) is 0 Å². The maximum atomic E-state index is 12.1. The van der Waals surface area contributed by atoms with Gasteiger partial charge in [0, 0.05) is 18.1 Å². The molecule has 0 saturated heterocycles. The maximum absolute atomic E-state index is 12.1. The minimum atomic E-state index is -0.698. The van der Waals surface area contributed by atoms with E-state index in [0.717, 1.165) is 30.6 Å². The predicted octanol–water partition coefficient (Wildman–Crippen LogP) is 1.84. The number of carbonyl (C=O) groups excluding carboxylic acids is 1. The van der Waals surface area contributed by atoms with Gasteiger partial charge in [-0.05, 0) is 32.8 Å². The van der Waals surface area contributed by atoms with Crippen molar-refractivity contribution >= 4 is 11.6 Å². The molecule has 0 radical (unpaired) electrons. The molecule has 108 valence electrons.